The summed E-state index contributed by atoms with van der Waals surface area (Å²) in [6, 6.07) is 1.08. The van der Waals surface area contributed by atoms with E-state index >= 15 is 0 Å². The fourth-order valence-corrected chi connectivity index (χ4v) is 5.97. The second-order valence-corrected chi connectivity index (χ2v) is 8.81. The number of urea groups is 1. The van der Waals surface area contributed by atoms with Gasteiger partial charge in [0.05, 0.1) is 6.54 Å². The zero-order valence-corrected chi connectivity index (χ0v) is 15.2. The van der Waals surface area contributed by atoms with E-state index in [-0.39, 0.29) is 18.6 Å². The van der Waals surface area contributed by atoms with Crippen LogP contribution < -0.4 is 5.32 Å². The molecular formula is C19H31N3O3. The minimum Gasteiger partial charge on any atom is -0.480 e. The van der Waals surface area contributed by atoms with Crippen molar-refractivity contribution in [2.45, 2.75) is 70.0 Å². The second kappa shape index (κ2) is 6.78. The number of hydrogen-bond acceptors (Lipinski definition) is 3. The molecule has 25 heavy (non-hydrogen) atoms. The molecule has 2 heterocycles. The SMILES string of the molecule is CCN(CC(=O)O)C1CC(NC(=O)N2CC3CC4CC(C3)CC2C4)C1. The Morgan fingerprint density at radius 1 is 1.04 bits per heavy atom. The fraction of sp³-hybridized carbons (Fsp3) is 0.895. The van der Waals surface area contributed by atoms with Crippen LogP contribution in [-0.4, -0.2) is 64.7 Å². The number of carbonyl (C=O) groups excluding carboxylic acids is 1. The summed E-state index contributed by atoms with van der Waals surface area (Å²) in [5.74, 6) is 1.64. The number of amides is 2. The normalized spacial score (nSPS) is 39.2. The summed E-state index contributed by atoms with van der Waals surface area (Å²) in [4.78, 5) is 27.9. The van der Waals surface area contributed by atoms with Crippen molar-refractivity contribution in [3.8, 4) is 0 Å². The summed E-state index contributed by atoms with van der Waals surface area (Å²) >= 11 is 0. The highest BCUT2D eigenvalue weighted by Gasteiger charge is 2.45. The van der Waals surface area contributed by atoms with Crippen LogP contribution in [0.15, 0.2) is 0 Å². The Morgan fingerprint density at radius 3 is 2.28 bits per heavy atom. The van der Waals surface area contributed by atoms with Crippen molar-refractivity contribution in [2.24, 2.45) is 17.8 Å². The Hall–Kier alpha value is -1.30. The minimum atomic E-state index is -0.773. The topological polar surface area (TPSA) is 72.9 Å². The lowest BCUT2D eigenvalue weighted by Gasteiger charge is -2.43. The average Bonchev–Trinajstić information content (AvgIpc) is 2.72. The summed E-state index contributed by atoms with van der Waals surface area (Å²) in [5.41, 5.74) is 0. The van der Waals surface area contributed by atoms with E-state index in [1.54, 1.807) is 0 Å². The van der Waals surface area contributed by atoms with Gasteiger partial charge in [0.15, 0.2) is 0 Å². The van der Waals surface area contributed by atoms with Crippen LogP contribution in [0.2, 0.25) is 0 Å². The van der Waals surface area contributed by atoms with Gasteiger partial charge in [-0.05, 0) is 69.2 Å². The largest absolute Gasteiger partial charge is 0.480 e. The van der Waals surface area contributed by atoms with Gasteiger partial charge in [-0.25, -0.2) is 4.79 Å². The molecule has 5 fully saturated rings. The molecule has 0 spiro atoms. The van der Waals surface area contributed by atoms with Gasteiger partial charge in [0, 0.05) is 24.7 Å². The molecule has 2 N–H and O–H groups in total. The van der Waals surface area contributed by atoms with Crippen molar-refractivity contribution in [1.29, 1.82) is 0 Å². The predicted molar refractivity (Wildman–Crippen MR) is 94.3 cm³/mol. The maximum Gasteiger partial charge on any atom is 0.317 e. The van der Waals surface area contributed by atoms with E-state index in [1.165, 1.54) is 32.1 Å². The molecule has 2 aliphatic heterocycles. The van der Waals surface area contributed by atoms with Crippen LogP contribution in [0.25, 0.3) is 0 Å². The summed E-state index contributed by atoms with van der Waals surface area (Å²) < 4.78 is 0. The van der Waals surface area contributed by atoms with Gasteiger partial charge >= 0.3 is 12.0 Å². The third-order valence-electron chi connectivity index (χ3n) is 7.07. The highest BCUT2D eigenvalue weighted by atomic mass is 16.4. The Kier molecular flexibility index (Phi) is 4.65. The lowest BCUT2D eigenvalue weighted by Crippen LogP contribution is -2.58. The monoisotopic (exact) mass is 349 g/mol. The van der Waals surface area contributed by atoms with Crippen molar-refractivity contribution in [2.75, 3.05) is 19.6 Å². The first-order valence-corrected chi connectivity index (χ1v) is 10.0. The maximum absolute atomic E-state index is 12.8. The molecule has 2 unspecified atom stereocenters. The zero-order chi connectivity index (χ0) is 17.6. The maximum atomic E-state index is 12.8. The molecule has 4 bridgehead atoms. The van der Waals surface area contributed by atoms with Crippen molar-refractivity contribution in [1.82, 2.24) is 15.1 Å². The molecule has 3 saturated carbocycles. The van der Waals surface area contributed by atoms with Gasteiger partial charge in [-0.1, -0.05) is 6.92 Å². The molecule has 0 aromatic carbocycles. The van der Waals surface area contributed by atoms with Crippen molar-refractivity contribution in [3.05, 3.63) is 0 Å². The van der Waals surface area contributed by atoms with Crippen LogP contribution in [0.3, 0.4) is 0 Å². The first kappa shape index (κ1) is 17.1. The van der Waals surface area contributed by atoms with Crippen molar-refractivity contribution < 1.29 is 14.7 Å². The van der Waals surface area contributed by atoms with Gasteiger partial charge in [0.2, 0.25) is 0 Å². The van der Waals surface area contributed by atoms with E-state index < -0.39 is 5.97 Å². The number of aliphatic carboxylic acids is 1. The van der Waals surface area contributed by atoms with Crippen LogP contribution in [0, 0.1) is 17.8 Å². The molecule has 2 atom stereocenters. The van der Waals surface area contributed by atoms with E-state index in [4.69, 9.17) is 5.11 Å². The standard InChI is InChI=1S/C19H31N3O3/c1-2-21(11-18(23)24)16-8-15(9-16)20-19(25)22-10-14-4-12-3-13(5-14)7-17(22)6-12/h12-17H,2-11H2,1H3,(H,20,25)(H,23,24). The molecule has 140 valence electrons. The highest BCUT2D eigenvalue weighted by Crippen LogP contribution is 2.47. The number of carboxylic acid groups (broad SMARTS) is 1. The first-order chi connectivity index (χ1) is 12.0. The smallest absolute Gasteiger partial charge is 0.317 e. The van der Waals surface area contributed by atoms with E-state index in [2.05, 4.69) is 10.2 Å². The number of rotatable bonds is 5. The quantitative estimate of drug-likeness (QED) is 0.798. The number of carboxylic acids is 1. The van der Waals surface area contributed by atoms with E-state index in [1.807, 2.05) is 11.8 Å². The Balaban J connectivity index is 1.29. The highest BCUT2D eigenvalue weighted by molar-refractivity contribution is 5.75. The molecule has 2 amide bonds. The molecule has 3 aliphatic carbocycles. The number of nitrogens with zero attached hydrogens (tertiary/aromatic N) is 2. The van der Waals surface area contributed by atoms with Gasteiger partial charge < -0.3 is 15.3 Å². The number of carbonyl (C=O) groups is 2. The fourth-order valence-electron chi connectivity index (χ4n) is 5.97. The summed E-state index contributed by atoms with van der Waals surface area (Å²) in [6.45, 7) is 3.79. The summed E-state index contributed by atoms with van der Waals surface area (Å²) in [6.07, 6.45) is 8.20. The second-order valence-electron chi connectivity index (χ2n) is 8.81. The van der Waals surface area contributed by atoms with Crippen molar-refractivity contribution >= 4 is 12.0 Å². The molecule has 5 rings (SSSR count). The zero-order valence-electron chi connectivity index (χ0n) is 15.2. The Morgan fingerprint density at radius 2 is 1.68 bits per heavy atom. The van der Waals surface area contributed by atoms with E-state index in [0.717, 1.165) is 37.8 Å². The van der Waals surface area contributed by atoms with E-state index in [9.17, 15) is 9.59 Å². The lowest BCUT2D eigenvalue weighted by molar-refractivity contribution is -0.139. The predicted octanol–water partition coefficient (Wildman–Crippen LogP) is 2.14. The van der Waals surface area contributed by atoms with Gasteiger partial charge in [-0.3, -0.25) is 9.69 Å². The van der Waals surface area contributed by atoms with Crippen LogP contribution in [0.5, 0.6) is 0 Å². The lowest BCUT2D eigenvalue weighted by atomic mass is 9.68. The minimum absolute atomic E-state index is 0.0977. The third-order valence-corrected chi connectivity index (χ3v) is 7.07. The van der Waals surface area contributed by atoms with Crippen LogP contribution in [0.4, 0.5) is 4.79 Å². The number of nitrogens with one attached hydrogen (secondary N) is 1. The van der Waals surface area contributed by atoms with Gasteiger partial charge in [-0.2, -0.15) is 0 Å². The molecule has 0 aromatic heterocycles. The Bertz CT molecular complexity index is 520. The van der Waals surface area contributed by atoms with Gasteiger partial charge in [-0.15, -0.1) is 0 Å². The average molecular weight is 349 g/mol. The number of fused-ring (bicyclic) bond motifs is 1. The summed E-state index contributed by atoms with van der Waals surface area (Å²) in [7, 11) is 0. The molecule has 6 nitrogen and oxygen atoms in total. The molecular weight excluding hydrogens is 318 g/mol. The number of hydrogen-bond donors (Lipinski definition) is 2. The van der Waals surface area contributed by atoms with Crippen LogP contribution in [-0.2, 0) is 4.79 Å². The molecule has 0 radical (unpaired) electrons. The van der Waals surface area contributed by atoms with Crippen molar-refractivity contribution in [3.63, 3.8) is 0 Å². The molecule has 0 aromatic rings. The molecule has 5 aliphatic rings. The Labute approximate surface area is 149 Å². The summed E-state index contributed by atoms with van der Waals surface area (Å²) in [5, 5.41) is 12.2. The van der Waals surface area contributed by atoms with Gasteiger partial charge in [0.25, 0.3) is 0 Å². The molecule has 6 heteroatoms. The first-order valence-electron chi connectivity index (χ1n) is 10.0. The third kappa shape index (κ3) is 3.50. The van der Waals surface area contributed by atoms with E-state index in [0.29, 0.717) is 18.0 Å². The molecule has 2 saturated heterocycles. The number of likely N-dealkylation sites (N-methyl/N-ethyl adjacent to an activating group) is 1. The van der Waals surface area contributed by atoms with Crippen LogP contribution >= 0.6 is 0 Å². The van der Waals surface area contributed by atoms with Crippen LogP contribution in [0.1, 0.15) is 51.9 Å². The van der Waals surface area contributed by atoms with Gasteiger partial charge in [0.1, 0.15) is 0 Å².